The number of hydrogen-bond donors (Lipinski definition) is 1. The second kappa shape index (κ2) is 7.17. The molecule has 4 rings (SSSR count). The average molecular weight is 375 g/mol. The molecule has 2 heterocycles. The molecule has 0 atom stereocenters. The summed E-state index contributed by atoms with van der Waals surface area (Å²) in [6, 6.07) is 18.6. The van der Waals surface area contributed by atoms with Crippen LogP contribution in [0.25, 0.3) is 32.5 Å². The van der Waals surface area contributed by atoms with Crippen LogP contribution in [0, 0.1) is 0 Å². The van der Waals surface area contributed by atoms with Gasteiger partial charge in [0.25, 0.3) is 0 Å². The Balaban J connectivity index is 1.77. The first kappa shape index (κ1) is 17.2. The van der Waals surface area contributed by atoms with Crippen LogP contribution in [-0.4, -0.2) is 34.6 Å². The predicted octanol–water partition coefficient (Wildman–Crippen LogP) is 4.55. The van der Waals surface area contributed by atoms with Crippen molar-refractivity contribution in [3.63, 3.8) is 0 Å². The van der Waals surface area contributed by atoms with Gasteiger partial charge in [0.15, 0.2) is 0 Å². The largest absolute Gasteiger partial charge is 0.480 e. The number of nitrogens with zero attached hydrogens (tertiary/aromatic N) is 3. The Morgan fingerprint density at radius 1 is 1.00 bits per heavy atom. The van der Waals surface area contributed by atoms with Crippen molar-refractivity contribution >= 4 is 33.3 Å². The van der Waals surface area contributed by atoms with Crippen LogP contribution in [0.2, 0.25) is 0 Å². The SMILES string of the molecule is CN(CC(=O)O)c1ncnc2scc(-c3ccc(-c4ccccc4)cc3)c12. The Morgan fingerprint density at radius 2 is 1.67 bits per heavy atom. The molecule has 0 radical (unpaired) electrons. The molecule has 0 fully saturated rings. The van der Waals surface area contributed by atoms with E-state index in [4.69, 9.17) is 5.11 Å². The van der Waals surface area contributed by atoms with Crippen LogP contribution < -0.4 is 4.90 Å². The van der Waals surface area contributed by atoms with E-state index in [1.165, 1.54) is 23.2 Å². The maximum Gasteiger partial charge on any atom is 0.323 e. The van der Waals surface area contributed by atoms with Crippen molar-refractivity contribution in [1.82, 2.24) is 9.97 Å². The zero-order valence-electron chi connectivity index (χ0n) is 14.7. The fourth-order valence-electron chi connectivity index (χ4n) is 3.11. The number of carbonyl (C=O) groups is 1. The minimum atomic E-state index is -0.895. The van der Waals surface area contributed by atoms with Gasteiger partial charge in [-0.15, -0.1) is 11.3 Å². The zero-order valence-corrected chi connectivity index (χ0v) is 15.5. The number of rotatable bonds is 5. The number of likely N-dealkylation sites (N-methyl/N-ethyl adjacent to an activating group) is 1. The molecule has 0 bridgehead atoms. The third-order valence-corrected chi connectivity index (χ3v) is 5.27. The second-order valence-corrected chi connectivity index (χ2v) is 7.08. The van der Waals surface area contributed by atoms with Crippen molar-refractivity contribution < 1.29 is 9.90 Å². The summed E-state index contributed by atoms with van der Waals surface area (Å²) in [6.45, 7) is -0.117. The van der Waals surface area contributed by atoms with Gasteiger partial charge in [-0.3, -0.25) is 4.79 Å². The van der Waals surface area contributed by atoms with Gasteiger partial charge >= 0.3 is 5.97 Å². The number of carboxylic acids is 1. The van der Waals surface area contributed by atoms with Crippen molar-refractivity contribution in [2.75, 3.05) is 18.5 Å². The number of fused-ring (bicyclic) bond motifs is 1. The maximum absolute atomic E-state index is 11.1. The average Bonchev–Trinajstić information content (AvgIpc) is 3.12. The maximum atomic E-state index is 11.1. The molecule has 134 valence electrons. The number of thiophene rings is 1. The number of hydrogen-bond acceptors (Lipinski definition) is 5. The zero-order chi connectivity index (χ0) is 18.8. The van der Waals surface area contributed by atoms with Crippen LogP contribution in [0.15, 0.2) is 66.3 Å². The lowest BCUT2D eigenvalue weighted by Crippen LogP contribution is -2.26. The Hall–Kier alpha value is -3.25. The topological polar surface area (TPSA) is 66.3 Å². The van der Waals surface area contributed by atoms with E-state index in [0.717, 1.165) is 26.9 Å². The molecule has 0 aliphatic rings. The lowest BCUT2D eigenvalue weighted by Gasteiger charge is -2.17. The van der Waals surface area contributed by atoms with Crippen molar-refractivity contribution in [2.45, 2.75) is 0 Å². The minimum absolute atomic E-state index is 0.117. The highest BCUT2D eigenvalue weighted by Gasteiger charge is 2.17. The predicted molar refractivity (Wildman–Crippen MR) is 109 cm³/mol. The van der Waals surface area contributed by atoms with Crippen molar-refractivity contribution in [2.24, 2.45) is 0 Å². The molecule has 0 saturated carbocycles. The molecule has 1 N–H and O–H groups in total. The van der Waals surface area contributed by atoms with Crippen LogP contribution in [0.3, 0.4) is 0 Å². The summed E-state index contributed by atoms with van der Waals surface area (Å²) in [7, 11) is 1.73. The smallest absolute Gasteiger partial charge is 0.323 e. The molecule has 0 aliphatic heterocycles. The van der Waals surface area contributed by atoms with Gasteiger partial charge in [-0.1, -0.05) is 54.6 Å². The van der Waals surface area contributed by atoms with Crippen LogP contribution >= 0.6 is 11.3 Å². The molecule has 0 unspecified atom stereocenters. The molecule has 5 nitrogen and oxygen atoms in total. The third kappa shape index (κ3) is 3.39. The Morgan fingerprint density at radius 3 is 2.37 bits per heavy atom. The number of carboxylic acid groups (broad SMARTS) is 1. The summed E-state index contributed by atoms with van der Waals surface area (Å²) in [5.41, 5.74) is 4.39. The van der Waals surface area contributed by atoms with Crippen molar-refractivity contribution in [1.29, 1.82) is 0 Å². The van der Waals surface area contributed by atoms with Gasteiger partial charge < -0.3 is 10.0 Å². The van der Waals surface area contributed by atoms with Gasteiger partial charge in [0.2, 0.25) is 0 Å². The minimum Gasteiger partial charge on any atom is -0.480 e. The molecular weight excluding hydrogens is 358 g/mol. The Bertz CT molecular complexity index is 1090. The summed E-state index contributed by atoms with van der Waals surface area (Å²) in [5.74, 6) is -0.265. The first-order valence-corrected chi connectivity index (χ1v) is 9.32. The van der Waals surface area contributed by atoms with Crippen molar-refractivity contribution in [3.05, 3.63) is 66.3 Å². The van der Waals surface area contributed by atoms with E-state index < -0.39 is 5.97 Å². The molecule has 0 saturated heterocycles. The highest BCUT2D eigenvalue weighted by Crippen LogP contribution is 2.38. The van der Waals surface area contributed by atoms with E-state index in [0.29, 0.717) is 5.82 Å². The van der Waals surface area contributed by atoms with E-state index >= 15 is 0 Å². The molecular formula is C21H17N3O2S. The number of aliphatic carboxylic acids is 1. The van der Waals surface area contributed by atoms with E-state index in [2.05, 4.69) is 51.7 Å². The summed E-state index contributed by atoms with van der Waals surface area (Å²) in [5, 5.41) is 12.0. The van der Waals surface area contributed by atoms with E-state index in [-0.39, 0.29) is 6.54 Å². The summed E-state index contributed by atoms with van der Waals surface area (Å²) < 4.78 is 0. The molecule has 4 aromatic rings. The molecule has 0 amide bonds. The first-order valence-electron chi connectivity index (χ1n) is 8.44. The van der Waals surface area contributed by atoms with Gasteiger partial charge in [0.1, 0.15) is 23.5 Å². The highest BCUT2D eigenvalue weighted by atomic mass is 32.1. The second-order valence-electron chi connectivity index (χ2n) is 6.22. The summed E-state index contributed by atoms with van der Waals surface area (Å²) >= 11 is 1.53. The fraction of sp³-hybridized carbons (Fsp3) is 0.0952. The molecule has 0 aliphatic carbocycles. The number of anilines is 1. The quantitative estimate of drug-likeness (QED) is 0.554. The summed E-state index contributed by atoms with van der Waals surface area (Å²) in [6.07, 6.45) is 1.48. The molecule has 0 spiro atoms. The van der Waals surface area contributed by atoms with Crippen LogP contribution in [0.4, 0.5) is 5.82 Å². The van der Waals surface area contributed by atoms with Crippen molar-refractivity contribution in [3.8, 4) is 22.3 Å². The third-order valence-electron chi connectivity index (χ3n) is 4.39. The van der Waals surface area contributed by atoms with E-state index in [1.807, 2.05) is 18.2 Å². The molecule has 27 heavy (non-hydrogen) atoms. The number of benzene rings is 2. The van der Waals surface area contributed by atoms with Gasteiger partial charge in [-0.2, -0.15) is 0 Å². The molecule has 6 heteroatoms. The Kier molecular flexibility index (Phi) is 4.56. The van der Waals surface area contributed by atoms with Gasteiger partial charge in [0.05, 0.1) is 5.39 Å². The molecule has 2 aromatic heterocycles. The summed E-state index contributed by atoms with van der Waals surface area (Å²) in [4.78, 5) is 22.3. The normalized spacial score (nSPS) is 10.9. The van der Waals surface area contributed by atoms with Crippen LogP contribution in [0.1, 0.15) is 0 Å². The highest BCUT2D eigenvalue weighted by molar-refractivity contribution is 7.17. The van der Waals surface area contributed by atoms with Gasteiger partial charge in [-0.05, 0) is 16.7 Å². The fourth-order valence-corrected chi connectivity index (χ4v) is 4.02. The molecule has 2 aromatic carbocycles. The van der Waals surface area contributed by atoms with Gasteiger partial charge in [-0.25, -0.2) is 9.97 Å². The number of aromatic nitrogens is 2. The lowest BCUT2D eigenvalue weighted by molar-refractivity contribution is -0.135. The van der Waals surface area contributed by atoms with Crippen LogP contribution in [-0.2, 0) is 4.79 Å². The Labute approximate surface area is 160 Å². The lowest BCUT2D eigenvalue weighted by atomic mass is 10.0. The van der Waals surface area contributed by atoms with E-state index in [1.54, 1.807) is 11.9 Å². The van der Waals surface area contributed by atoms with E-state index in [9.17, 15) is 4.79 Å². The standard InChI is InChI=1S/C21H17N3O2S/c1-24(11-18(25)26)20-19-17(12-27-21(19)23-13-22-20)16-9-7-15(8-10-16)14-5-3-2-4-6-14/h2-10,12-13H,11H2,1H3,(H,25,26). The first-order chi connectivity index (χ1) is 13.1. The van der Waals surface area contributed by atoms with Gasteiger partial charge in [0, 0.05) is 18.0 Å². The monoisotopic (exact) mass is 375 g/mol. The van der Waals surface area contributed by atoms with Crippen LogP contribution in [0.5, 0.6) is 0 Å².